The van der Waals surface area contributed by atoms with Gasteiger partial charge in [0.05, 0.1) is 11.8 Å². The quantitative estimate of drug-likeness (QED) is 0.516. The molecule has 0 aliphatic carbocycles. The van der Waals surface area contributed by atoms with Gasteiger partial charge in [-0.3, -0.25) is 10.1 Å². The van der Waals surface area contributed by atoms with Gasteiger partial charge in [-0.05, 0) is 68.0 Å². The number of hydrogen-bond acceptors (Lipinski definition) is 4. The number of ether oxygens (including phenoxy) is 2. The standard InChI is InChI=1S/C24H24N2O3S/c1-17(2)29-20-14-12-19(13-15-20)23(27)26-24(30)25-21-10-6-7-11-22(21)28-16-18-8-4-3-5-9-18/h3-15,17H,16H2,1-2H3,(H2,25,26,27,30). The van der Waals surface area contributed by atoms with Crippen molar-refractivity contribution in [3.05, 3.63) is 90.0 Å². The maximum atomic E-state index is 12.5. The molecule has 0 aromatic heterocycles. The Bertz CT molecular complexity index is 989. The topological polar surface area (TPSA) is 59.6 Å². The van der Waals surface area contributed by atoms with Crippen LogP contribution in [0.5, 0.6) is 11.5 Å². The molecule has 2 N–H and O–H groups in total. The van der Waals surface area contributed by atoms with Gasteiger partial charge in [-0.15, -0.1) is 0 Å². The summed E-state index contributed by atoms with van der Waals surface area (Å²) in [5, 5.41) is 5.92. The number of benzene rings is 3. The predicted octanol–water partition coefficient (Wildman–Crippen LogP) is 5.18. The minimum atomic E-state index is -0.300. The third kappa shape index (κ3) is 6.32. The second-order valence-electron chi connectivity index (χ2n) is 6.87. The molecule has 0 aliphatic heterocycles. The molecule has 0 aliphatic rings. The van der Waals surface area contributed by atoms with Crippen LogP contribution in [-0.4, -0.2) is 17.1 Å². The smallest absolute Gasteiger partial charge is 0.257 e. The van der Waals surface area contributed by atoms with E-state index in [2.05, 4.69) is 10.6 Å². The first kappa shape index (κ1) is 21.3. The van der Waals surface area contributed by atoms with Crippen molar-refractivity contribution in [2.45, 2.75) is 26.6 Å². The molecule has 3 aromatic carbocycles. The fraction of sp³-hybridized carbons (Fsp3) is 0.167. The monoisotopic (exact) mass is 420 g/mol. The molecular formula is C24H24N2O3S. The Kier molecular flexibility index (Phi) is 7.40. The summed E-state index contributed by atoms with van der Waals surface area (Å²) in [6, 6.07) is 24.3. The Labute approximate surface area is 182 Å². The molecule has 0 fully saturated rings. The van der Waals surface area contributed by atoms with Crippen LogP contribution >= 0.6 is 12.2 Å². The normalized spacial score (nSPS) is 10.4. The van der Waals surface area contributed by atoms with E-state index in [1.807, 2.05) is 68.4 Å². The summed E-state index contributed by atoms with van der Waals surface area (Å²) >= 11 is 5.31. The molecular weight excluding hydrogens is 396 g/mol. The van der Waals surface area contributed by atoms with Crippen molar-refractivity contribution >= 4 is 28.9 Å². The van der Waals surface area contributed by atoms with Crippen LogP contribution in [0, 0.1) is 0 Å². The molecule has 30 heavy (non-hydrogen) atoms. The zero-order chi connectivity index (χ0) is 21.3. The molecule has 6 heteroatoms. The molecule has 3 aromatic rings. The molecule has 0 unspecified atom stereocenters. The lowest BCUT2D eigenvalue weighted by atomic mass is 10.2. The number of rotatable bonds is 7. The third-order valence-corrected chi connectivity index (χ3v) is 4.29. The van der Waals surface area contributed by atoms with Crippen molar-refractivity contribution in [2.24, 2.45) is 0 Å². The molecule has 0 atom stereocenters. The van der Waals surface area contributed by atoms with Gasteiger partial charge in [-0.25, -0.2) is 0 Å². The molecule has 0 saturated heterocycles. The van der Waals surface area contributed by atoms with E-state index < -0.39 is 0 Å². The molecule has 0 bridgehead atoms. The molecule has 3 rings (SSSR count). The third-order valence-electron chi connectivity index (χ3n) is 4.09. The second-order valence-corrected chi connectivity index (χ2v) is 7.28. The summed E-state index contributed by atoms with van der Waals surface area (Å²) in [4.78, 5) is 12.5. The lowest BCUT2D eigenvalue weighted by Gasteiger charge is -2.14. The number of anilines is 1. The molecule has 0 heterocycles. The van der Waals surface area contributed by atoms with Crippen LogP contribution in [0.3, 0.4) is 0 Å². The van der Waals surface area contributed by atoms with Crippen LogP contribution in [-0.2, 0) is 6.61 Å². The molecule has 0 radical (unpaired) electrons. The summed E-state index contributed by atoms with van der Waals surface area (Å²) in [6.45, 7) is 4.34. The van der Waals surface area contributed by atoms with E-state index in [0.717, 1.165) is 5.56 Å². The van der Waals surface area contributed by atoms with Gasteiger partial charge in [-0.1, -0.05) is 42.5 Å². The lowest BCUT2D eigenvalue weighted by Crippen LogP contribution is -2.34. The van der Waals surface area contributed by atoms with E-state index in [-0.39, 0.29) is 17.1 Å². The van der Waals surface area contributed by atoms with E-state index in [4.69, 9.17) is 21.7 Å². The second kappa shape index (κ2) is 10.4. The van der Waals surface area contributed by atoms with Gasteiger partial charge in [0, 0.05) is 5.56 Å². The summed E-state index contributed by atoms with van der Waals surface area (Å²) < 4.78 is 11.5. The van der Waals surface area contributed by atoms with Crippen molar-refractivity contribution < 1.29 is 14.3 Å². The number of amides is 1. The maximum Gasteiger partial charge on any atom is 0.257 e. The average molecular weight is 421 g/mol. The Morgan fingerprint density at radius 2 is 1.60 bits per heavy atom. The first-order chi connectivity index (χ1) is 14.5. The van der Waals surface area contributed by atoms with Crippen molar-refractivity contribution in [2.75, 3.05) is 5.32 Å². The highest BCUT2D eigenvalue weighted by Gasteiger charge is 2.11. The highest BCUT2D eigenvalue weighted by atomic mass is 32.1. The van der Waals surface area contributed by atoms with Crippen molar-refractivity contribution in [3.8, 4) is 11.5 Å². The van der Waals surface area contributed by atoms with E-state index in [0.29, 0.717) is 29.4 Å². The van der Waals surface area contributed by atoms with E-state index >= 15 is 0 Å². The summed E-state index contributed by atoms with van der Waals surface area (Å²) in [5.74, 6) is 1.06. The van der Waals surface area contributed by atoms with Crippen LogP contribution < -0.4 is 20.1 Å². The minimum absolute atomic E-state index is 0.0747. The number of nitrogens with one attached hydrogen (secondary N) is 2. The molecule has 0 spiro atoms. The summed E-state index contributed by atoms with van der Waals surface area (Å²) in [5.41, 5.74) is 2.23. The van der Waals surface area contributed by atoms with Crippen LogP contribution in [0.4, 0.5) is 5.69 Å². The number of hydrogen-bond donors (Lipinski definition) is 2. The highest BCUT2D eigenvalue weighted by molar-refractivity contribution is 7.80. The Morgan fingerprint density at radius 1 is 0.933 bits per heavy atom. The molecule has 1 amide bonds. The summed E-state index contributed by atoms with van der Waals surface area (Å²) in [7, 11) is 0. The molecule has 154 valence electrons. The van der Waals surface area contributed by atoms with Crippen LogP contribution in [0.1, 0.15) is 29.8 Å². The van der Waals surface area contributed by atoms with E-state index in [1.165, 1.54) is 0 Å². The Hall–Kier alpha value is -3.38. The summed E-state index contributed by atoms with van der Waals surface area (Å²) in [6.07, 6.45) is 0.0747. The van der Waals surface area contributed by atoms with Gasteiger partial charge in [0.1, 0.15) is 18.1 Å². The molecule has 5 nitrogen and oxygen atoms in total. The van der Waals surface area contributed by atoms with E-state index in [9.17, 15) is 4.79 Å². The Morgan fingerprint density at radius 3 is 2.30 bits per heavy atom. The maximum absolute atomic E-state index is 12.5. The first-order valence-electron chi connectivity index (χ1n) is 9.66. The van der Waals surface area contributed by atoms with E-state index in [1.54, 1.807) is 24.3 Å². The van der Waals surface area contributed by atoms with Crippen LogP contribution in [0.15, 0.2) is 78.9 Å². The van der Waals surface area contributed by atoms with Gasteiger partial charge < -0.3 is 14.8 Å². The predicted molar refractivity (Wildman–Crippen MR) is 123 cm³/mol. The fourth-order valence-electron chi connectivity index (χ4n) is 2.72. The van der Waals surface area contributed by atoms with Crippen molar-refractivity contribution in [1.29, 1.82) is 0 Å². The molecule has 0 saturated carbocycles. The van der Waals surface area contributed by atoms with Gasteiger partial charge in [0.25, 0.3) is 5.91 Å². The van der Waals surface area contributed by atoms with Crippen LogP contribution in [0.25, 0.3) is 0 Å². The van der Waals surface area contributed by atoms with Crippen molar-refractivity contribution in [3.63, 3.8) is 0 Å². The number of para-hydroxylation sites is 2. The van der Waals surface area contributed by atoms with Crippen LogP contribution in [0.2, 0.25) is 0 Å². The highest BCUT2D eigenvalue weighted by Crippen LogP contribution is 2.24. The Balaban J connectivity index is 1.58. The minimum Gasteiger partial charge on any atom is -0.491 e. The van der Waals surface area contributed by atoms with Crippen molar-refractivity contribution in [1.82, 2.24) is 5.32 Å². The lowest BCUT2D eigenvalue weighted by molar-refractivity contribution is 0.0977. The zero-order valence-electron chi connectivity index (χ0n) is 16.9. The fourth-order valence-corrected chi connectivity index (χ4v) is 2.92. The number of thiocarbonyl (C=S) groups is 1. The van der Waals surface area contributed by atoms with Gasteiger partial charge >= 0.3 is 0 Å². The van der Waals surface area contributed by atoms with Gasteiger partial charge in [-0.2, -0.15) is 0 Å². The largest absolute Gasteiger partial charge is 0.491 e. The first-order valence-corrected chi connectivity index (χ1v) is 10.1. The van der Waals surface area contributed by atoms with Gasteiger partial charge in [0.15, 0.2) is 5.11 Å². The number of carbonyl (C=O) groups is 1. The van der Waals surface area contributed by atoms with Gasteiger partial charge in [0.2, 0.25) is 0 Å². The number of carbonyl (C=O) groups excluding carboxylic acids is 1. The SMILES string of the molecule is CC(C)Oc1ccc(C(=O)NC(=S)Nc2ccccc2OCc2ccccc2)cc1. The average Bonchev–Trinajstić information content (AvgIpc) is 2.74. The zero-order valence-corrected chi connectivity index (χ0v) is 17.7.